The average molecular weight is 279 g/mol. The number of hydrogen-bond donors (Lipinski definition) is 2. The zero-order valence-corrected chi connectivity index (χ0v) is 11.7. The van der Waals surface area contributed by atoms with Gasteiger partial charge in [-0.25, -0.2) is 4.79 Å². The molecule has 5 nitrogen and oxygen atoms in total. The molecule has 1 amide bonds. The van der Waals surface area contributed by atoms with Crippen molar-refractivity contribution in [2.24, 2.45) is 5.92 Å². The summed E-state index contributed by atoms with van der Waals surface area (Å²) >= 11 is 0. The third kappa shape index (κ3) is 3.40. The van der Waals surface area contributed by atoms with Gasteiger partial charge >= 0.3 is 5.97 Å². The van der Waals surface area contributed by atoms with E-state index in [-0.39, 0.29) is 23.5 Å². The van der Waals surface area contributed by atoms with Gasteiger partial charge in [-0.3, -0.25) is 4.79 Å². The Morgan fingerprint density at radius 2 is 2.10 bits per heavy atom. The van der Waals surface area contributed by atoms with E-state index in [9.17, 15) is 9.59 Å². The summed E-state index contributed by atoms with van der Waals surface area (Å²) in [6.45, 7) is 2.13. The van der Waals surface area contributed by atoms with Gasteiger partial charge in [0.15, 0.2) is 5.76 Å². The fourth-order valence-corrected chi connectivity index (χ4v) is 2.51. The molecule has 110 valence electrons. The zero-order valence-electron chi connectivity index (χ0n) is 11.7. The lowest BCUT2D eigenvalue weighted by molar-refractivity contribution is 0.0658. The van der Waals surface area contributed by atoms with Gasteiger partial charge in [0.1, 0.15) is 0 Å². The lowest BCUT2D eigenvalue weighted by atomic mass is 9.78. The number of carboxylic acid groups (broad SMARTS) is 1. The van der Waals surface area contributed by atoms with Crippen LogP contribution >= 0.6 is 0 Å². The molecule has 0 radical (unpaired) electrons. The van der Waals surface area contributed by atoms with Crippen LogP contribution in [-0.2, 0) is 0 Å². The molecule has 2 N–H and O–H groups in total. The van der Waals surface area contributed by atoms with Crippen molar-refractivity contribution < 1.29 is 19.1 Å². The zero-order chi connectivity index (χ0) is 14.5. The first-order valence-corrected chi connectivity index (χ1v) is 7.25. The smallest absolute Gasteiger partial charge is 0.371 e. The highest BCUT2D eigenvalue weighted by Crippen LogP contribution is 2.31. The van der Waals surface area contributed by atoms with Crippen LogP contribution in [0.3, 0.4) is 0 Å². The molecule has 1 atom stereocenters. The Kier molecular flexibility index (Phi) is 4.82. The Labute approximate surface area is 118 Å². The normalized spacial score (nSPS) is 16.4. The maximum Gasteiger partial charge on any atom is 0.371 e. The first kappa shape index (κ1) is 14.6. The van der Waals surface area contributed by atoms with Gasteiger partial charge in [0, 0.05) is 6.04 Å². The Bertz CT molecular complexity index is 476. The summed E-state index contributed by atoms with van der Waals surface area (Å²) in [5, 5.41) is 11.8. The van der Waals surface area contributed by atoms with Crippen LogP contribution in [0.1, 0.15) is 66.6 Å². The second-order valence-corrected chi connectivity index (χ2v) is 5.38. The summed E-state index contributed by atoms with van der Waals surface area (Å²) in [5.41, 5.74) is 0. The standard InChI is InChI=1S/C15H21NO4/c1-2-3-7-11(10-5-4-6-10)16-14(17)12-8-9-13(20-12)15(18)19/h8-11H,2-7H2,1H3,(H,16,17)(H,18,19). The third-order valence-electron chi connectivity index (χ3n) is 3.94. The molecule has 1 aromatic heterocycles. The number of unbranched alkanes of at least 4 members (excludes halogenated alkanes) is 1. The first-order chi connectivity index (χ1) is 9.61. The molecule has 1 unspecified atom stereocenters. The van der Waals surface area contributed by atoms with Crippen molar-refractivity contribution in [1.82, 2.24) is 5.32 Å². The summed E-state index contributed by atoms with van der Waals surface area (Å²) in [7, 11) is 0. The summed E-state index contributed by atoms with van der Waals surface area (Å²) in [5.74, 6) is -1.05. The van der Waals surface area contributed by atoms with Crippen LogP contribution in [0.15, 0.2) is 16.5 Å². The van der Waals surface area contributed by atoms with Gasteiger partial charge in [-0.2, -0.15) is 0 Å². The molecule has 1 fully saturated rings. The number of hydrogen-bond acceptors (Lipinski definition) is 3. The van der Waals surface area contributed by atoms with Gasteiger partial charge in [0.2, 0.25) is 5.76 Å². The predicted octanol–water partition coefficient (Wildman–Crippen LogP) is 3.07. The molecule has 0 bridgehead atoms. The van der Waals surface area contributed by atoms with E-state index in [1.807, 2.05) is 0 Å². The van der Waals surface area contributed by atoms with Gasteiger partial charge in [0.25, 0.3) is 5.91 Å². The molecule has 1 aliphatic rings. The molecule has 0 aromatic carbocycles. The highest BCUT2D eigenvalue weighted by molar-refractivity contribution is 5.93. The van der Waals surface area contributed by atoms with Gasteiger partial charge in [-0.15, -0.1) is 0 Å². The van der Waals surface area contributed by atoms with Gasteiger partial charge in [0.05, 0.1) is 0 Å². The van der Waals surface area contributed by atoms with E-state index in [0.29, 0.717) is 5.92 Å². The lowest BCUT2D eigenvalue weighted by Gasteiger charge is -2.34. The quantitative estimate of drug-likeness (QED) is 0.804. The minimum Gasteiger partial charge on any atom is -0.475 e. The average Bonchev–Trinajstić information content (AvgIpc) is 2.83. The third-order valence-corrected chi connectivity index (χ3v) is 3.94. The molecule has 20 heavy (non-hydrogen) atoms. The summed E-state index contributed by atoms with van der Waals surface area (Å²) < 4.78 is 5.03. The van der Waals surface area contributed by atoms with Crippen molar-refractivity contribution in [1.29, 1.82) is 0 Å². The number of carboxylic acids is 1. The maximum absolute atomic E-state index is 12.1. The van der Waals surface area contributed by atoms with Crippen molar-refractivity contribution in [2.45, 2.75) is 51.5 Å². The summed E-state index contributed by atoms with van der Waals surface area (Å²) in [6, 6.07) is 2.90. The molecule has 1 aliphatic carbocycles. The lowest BCUT2D eigenvalue weighted by Crippen LogP contribution is -2.42. The Morgan fingerprint density at radius 3 is 2.60 bits per heavy atom. The highest BCUT2D eigenvalue weighted by Gasteiger charge is 2.29. The van der Waals surface area contributed by atoms with E-state index in [2.05, 4.69) is 12.2 Å². The largest absolute Gasteiger partial charge is 0.475 e. The van der Waals surface area contributed by atoms with Gasteiger partial charge < -0.3 is 14.8 Å². The van der Waals surface area contributed by atoms with Gasteiger partial charge in [-0.1, -0.05) is 26.2 Å². The number of nitrogens with one attached hydrogen (secondary N) is 1. The Hall–Kier alpha value is -1.78. The van der Waals surface area contributed by atoms with E-state index in [0.717, 1.165) is 32.1 Å². The van der Waals surface area contributed by atoms with Crippen LogP contribution < -0.4 is 5.32 Å². The predicted molar refractivity (Wildman–Crippen MR) is 73.8 cm³/mol. The molecule has 1 heterocycles. The SMILES string of the molecule is CCCCC(NC(=O)c1ccc(C(=O)O)o1)C1CCC1. The fourth-order valence-electron chi connectivity index (χ4n) is 2.51. The van der Waals surface area contributed by atoms with Crippen molar-refractivity contribution >= 4 is 11.9 Å². The number of carbonyl (C=O) groups excluding carboxylic acids is 1. The number of amides is 1. The van der Waals surface area contributed by atoms with E-state index in [4.69, 9.17) is 9.52 Å². The van der Waals surface area contributed by atoms with Crippen LogP contribution in [0.2, 0.25) is 0 Å². The summed E-state index contributed by atoms with van der Waals surface area (Å²) in [4.78, 5) is 22.8. The van der Waals surface area contributed by atoms with E-state index < -0.39 is 5.97 Å². The molecular weight excluding hydrogens is 258 g/mol. The molecule has 0 aliphatic heterocycles. The molecule has 0 saturated heterocycles. The van der Waals surface area contributed by atoms with Crippen molar-refractivity contribution in [3.63, 3.8) is 0 Å². The molecule has 5 heteroatoms. The monoisotopic (exact) mass is 279 g/mol. The van der Waals surface area contributed by atoms with Crippen LogP contribution in [-0.4, -0.2) is 23.0 Å². The fraction of sp³-hybridized carbons (Fsp3) is 0.600. The minimum atomic E-state index is -1.16. The van der Waals surface area contributed by atoms with E-state index in [1.54, 1.807) is 0 Å². The second kappa shape index (κ2) is 6.59. The number of aromatic carboxylic acids is 1. The maximum atomic E-state index is 12.1. The van der Waals surface area contributed by atoms with Crippen molar-refractivity contribution in [2.75, 3.05) is 0 Å². The minimum absolute atomic E-state index is 0.0724. The van der Waals surface area contributed by atoms with Crippen molar-refractivity contribution in [3.8, 4) is 0 Å². The number of furan rings is 1. The molecule has 1 aromatic rings. The van der Waals surface area contributed by atoms with Crippen LogP contribution in [0.25, 0.3) is 0 Å². The first-order valence-electron chi connectivity index (χ1n) is 7.25. The number of rotatable bonds is 7. The van der Waals surface area contributed by atoms with Crippen LogP contribution in [0.5, 0.6) is 0 Å². The molecule has 2 rings (SSSR count). The van der Waals surface area contributed by atoms with Crippen LogP contribution in [0, 0.1) is 5.92 Å². The second-order valence-electron chi connectivity index (χ2n) is 5.38. The Morgan fingerprint density at radius 1 is 1.40 bits per heavy atom. The highest BCUT2D eigenvalue weighted by atomic mass is 16.4. The molecular formula is C15H21NO4. The molecule has 1 saturated carbocycles. The molecule has 0 spiro atoms. The van der Waals surface area contributed by atoms with Crippen molar-refractivity contribution in [3.05, 3.63) is 23.7 Å². The number of carbonyl (C=O) groups is 2. The summed E-state index contributed by atoms with van der Waals surface area (Å²) in [6.07, 6.45) is 6.70. The van der Waals surface area contributed by atoms with Crippen LogP contribution in [0.4, 0.5) is 0 Å². The Balaban J connectivity index is 1.97. The van der Waals surface area contributed by atoms with E-state index >= 15 is 0 Å². The van der Waals surface area contributed by atoms with E-state index in [1.165, 1.54) is 18.6 Å². The van der Waals surface area contributed by atoms with Gasteiger partial charge in [-0.05, 0) is 37.3 Å². The topological polar surface area (TPSA) is 79.5 Å².